The van der Waals surface area contributed by atoms with Crippen LogP contribution in [0.25, 0.3) is 0 Å². The number of carbonyl (C=O) groups is 1. The van der Waals surface area contributed by atoms with Crippen LogP contribution in [0.15, 0.2) is 23.6 Å². The molecule has 0 atom stereocenters. The fraction of sp³-hybridized carbons (Fsp3) is 0.286. The Hall–Kier alpha value is -1.88. The Labute approximate surface area is 115 Å². The van der Waals surface area contributed by atoms with Gasteiger partial charge >= 0.3 is 0 Å². The Kier molecular flexibility index (Phi) is 2.98. The van der Waals surface area contributed by atoms with Crippen molar-refractivity contribution in [1.82, 2.24) is 4.98 Å². The van der Waals surface area contributed by atoms with E-state index in [0.717, 1.165) is 11.3 Å². The van der Waals surface area contributed by atoms with E-state index >= 15 is 0 Å². The molecule has 0 radical (unpaired) electrons. The SMILES string of the molecule is Cc1cc(O)ccc1C(=O)Nc1nc(C2CC2)cs1. The first kappa shape index (κ1) is 12.2. The zero-order valence-electron chi connectivity index (χ0n) is 10.5. The molecule has 1 amide bonds. The number of aromatic nitrogens is 1. The summed E-state index contributed by atoms with van der Waals surface area (Å²) in [7, 11) is 0. The highest BCUT2D eigenvalue weighted by Gasteiger charge is 2.26. The van der Waals surface area contributed by atoms with Gasteiger partial charge < -0.3 is 5.11 Å². The van der Waals surface area contributed by atoms with E-state index < -0.39 is 0 Å². The van der Waals surface area contributed by atoms with Crippen molar-refractivity contribution in [3.8, 4) is 5.75 Å². The monoisotopic (exact) mass is 274 g/mol. The van der Waals surface area contributed by atoms with Crippen molar-refractivity contribution in [2.75, 3.05) is 5.32 Å². The lowest BCUT2D eigenvalue weighted by Gasteiger charge is -2.05. The fourth-order valence-corrected chi connectivity index (χ4v) is 2.76. The quantitative estimate of drug-likeness (QED) is 0.902. The van der Waals surface area contributed by atoms with E-state index in [4.69, 9.17) is 0 Å². The van der Waals surface area contributed by atoms with E-state index in [-0.39, 0.29) is 11.7 Å². The second-order valence-electron chi connectivity index (χ2n) is 4.81. The topological polar surface area (TPSA) is 62.2 Å². The number of amides is 1. The molecular weight excluding hydrogens is 260 g/mol. The summed E-state index contributed by atoms with van der Waals surface area (Å²) in [6.07, 6.45) is 2.41. The number of nitrogens with one attached hydrogen (secondary N) is 1. The van der Waals surface area contributed by atoms with Gasteiger partial charge in [-0.05, 0) is 43.5 Å². The molecule has 2 aromatic rings. The summed E-state index contributed by atoms with van der Waals surface area (Å²) in [6, 6.07) is 4.71. The smallest absolute Gasteiger partial charge is 0.257 e. The minimum absolute atomic E-state index is 0.166. The van der Waals surface area contributed by atoms with Crippen LogP contribution >= 0.6 is 11.3 Å². The van der Waals surface area contributed by atoms with Crippen LogP contribution < -0.4 is 5.32 Å². The highest BCUT2D eigenvalue weighted by Crippen LogP contribution is 2.40. The second kappa shape index (κ2) is 4.66. The van der Waals surface area contributed by atoms with E-state index in [9.17, 15) is 9.90 Å². The van der Waals surface area contributed by atoms with Crippen molar-refractivity contribution in [2.45, 2.75) is 25.7 Å². The van der Waals surface area contributed by atoms with E-state index in [0.29, 0.717) is 16.6 Å². The number of hydrogen-bond donors (Lipinski definition) is 2. The van der Waals surface area contributed by atoms with Gasteiger partial charge in [-0.1, -0.05) is 0 Å². The van der Waals surface area contributed by atoms with Crippen molar-refractivity contribution in [3.63, 3.8) is 0 Å². The maximum absolute atomic E-state index is 12.1. The van der Waals surface area contributed by atoms with Crippen LogP contribution in [0.4, 0.5) is 5.13 Å². The summed E-state index contributed by atoms with van der Waals surface area (Å²) in [5, 5.41) is 14.8. The molecule has 1 aliphatic rings. The Morgan fingerprint density at radius 2 is 2.26 bits per heavy atom. The summed E-state index contributed by atoms with van der Waals surface area (Å²) in [4.78, 5) is 16.5. The molecule has 5 heteroatoms. The highest BCUT2D eigenvalue weighted by atomic mass is 32.1. The molecule has 1 aromatic carbocycles. The predicted octanol–water partition coefficient (Wildman–Crippen LogP) is 3.29. The number of benzene rings is 1. The molecule has 0 bridgehead atoms. The summed E-state index contributed by atoms with van der Waals surface area (Å²) >= 11 is 1.46. The van der Waals surface area contributed by atoms with Crippen molar-refractivity contribution in [3.05, 3.63) is 40.4 Å². The van der Waals surface area contributed by atoms with Crippen molar-refractivity contribution in [1.29, 1.82) is 0 Å². The molecular formula is C14H14N2O2S. The van der Waals surface area contributed by atoms with Crippen LogP contribution in [0.5, 0.6) is 5.75 Å². The Morgan fingerprint density at radius 3 is 2.95 bits per heavy atom. The first-order valence-electron chi connectivity index (χ1n) is 6.20. The van der Waals surface area contributed by atoms with Crippen LogP contribution in [-0.4, -0.2) is 16.0 Å². The van der Waals surface area contributed by atoms with Gasteiger partial charge in [-0.15, -0.1) is 11.3 Å². The third-order valence-electron chi connectivity index (χ3n) is 3.19. The Balaban J connectivity index is 1.76. The van der Waals surface area contributed by atoms with Gasteiger partial charge in [0.2, 0.25) is 0 Å². The largest absolute Gasteiger partial charge is 0.508 e. The third kappa shape index (κ3) is 2.61. The number of aromatic hydroxyl groups is 1. The molecule has 0 aliphatic heterocycles. The Morgan fingerprint density at radius 1 is 1.47 bits per heavy atom. The van der Waals surface area contributed by atoms with E-state index in [1.165, 1.54) is 30.2 Å². The minimum Gasteiger partial charge on any atom is -0.508 e. The zero-order valence-corrected chi connectivity index (χ0v) is 11.3. The van der Waals surface area contributed by atoms with Gasteiger partial charge in [0.25, 0.3) is 5.91 Å². The van der Waals surface area contributed by atoms with Crippen LogP contribution in [-0.2, 0) is 0 Å². The molecule has 1 fully saturated rings. The summed E-state index contributed by atoms with van der Waals surface area (Å²) in [6.45, 7) is 1.80. The van der Waals surface area contributed by atoms with Crippen molar-refractivity contribution >= 4 is 22.4 Å². The van der Waals surface area contributed by atoms with Crippen molar-refractivity contribution in [2.24, 2.45) is 0 Å². The molecule has 0 unspecified atom stereocenters. The van der Waals surface area contributed by atoms with E-state index in [1.54, 1.807) is 19.1 Å². The van der Waals surface area contributed by atoms with E-state index in [1.807, 2.05) is 5.38 Å². The van der Waals surface area contributed by atoms with Gasteiger partial charge in [-0.25, -0.2) is 4.98 Å². The molecule has 19 heavy (non-hydrogen) atoms. The summed E-state index contributed by atoms with van der Waals surface area (Å²) < 4.78 is 0. The molecule has 1 aliphatic carbocycles. The molecule has 1 saturated carbocycles. The number of aryl methyl sites for hydroxylation is 1. The summed E-state index contributed by atoms with van der Waals surface area (Å²) in [5.41, 5.74) is 2.39. The average Bonchev–Trinajstić information content (AvgIpc) is 3.10. The first-order chi connectivity index (χ1) is 9.13. The van der Waals surface area contributed by atoms with Crippen LogP contribution in [0.1, 0.15) is 40.4 Å². The Bertz CT molecular complexity index is 632. The minimum atomic E-state index is -0.186. The number of nitrogens with zero attached hydrogens (tertiary/aromatic N) is 1. The maximum atomic E-state index is 12.1. The normalized spacial score (nSPS) is 14.4. The van der Waals surface area contributed by atoms with Gasteiger partial charge in [0.05, 0.1) is 5.69 Å². The molecule has 2 N–H and O–H groups in total. The number of anilines is 1. The molecule has 1 aromatic heterocycles. The van der Waals surface area contributed by atoms with Crippen molar-refractivity contribution < 1.29 is 9.90 Å². The molecule has 0 spiro atoms. The van der Waals surface area contributed by atoms with Gasteiger partial charge in [-0.2, -0.15) is 0 Å². The maximum Gasteiger partial charge on any atom is 0.257 e. The van der Waals surface area contributed by atoms with Gasteiger partial charge in [0.1, 0.15) is 5.75 Å². The first-order valence-corrected chi connectivity index (χ1v) is 7.08. The molecule has 98 valence electrons. The molecule has 3 rings (SSSR count). The number of thiazole rings is 1. The van der Waals surface area contributed by atoms with Gasteiger partial charge in [0, 0.05) is 16.9 Å². The van der Waals surface area contributed by atoms with Crippen LogP contribution in [0, 0.1) is 6.92 Å². The fourth-order valence-electron chi connectivity index (χ4n) is 1.98. The highest BCUT2D eigenvalue weighted by molar-refractivity contribution is 7.14. The number of rotatable bonds is 3. The number of phenolic OH excluding ortho intramolecular Hbond substituents is 1. The molecule has 4 nitrogen and oxygen atoms in total. The number of phenols is 1. The lowest BCUT2D eigenvalue weighted by atomic mass is 10.1. The van der Waals surface area contributed by atoms with E-state index in [2.05, 4.69) is 10.3 Å². The second-order valence-corrected chi connectivity index (χ2v) is 5.66. The van der Waals surface area contributed by atoms with Gasteiger partial charge in [-0.3, -0.25) is 10.1 Å². The predicted molar refractivity (Wildman–Crippen MR) is 74.9 cm³/mol. The standard InChI is InChI=1S/C14H14N2O2S/c1-8-6-10(17)4-5-11(8)13(18)16-14-15-12(7-19-14)9-2-3-9/h4-7,9,17H,2-3H2,1H3,(H,15,16,18). The average molecular weight is 274 g/mol. The lowest BCUT2D eigenvalue weighted by molar-refractivity contribution is 0.102. The lowest BCUT2D eigenvalue weighted by Crippen LogP contribution is -2.13. The zero-order chi connectivity index (χ0) is 13.4. The number of hydrogen-bond acceptors (Lipinski definition) is 4. The third-order valence-corrected chi connectivity index (χ3v) is 3.97. The number of carbonyl (C=O) groups excluding carboxylic acids is 1. The van der Waals surface area contributed by atoms with Gasteiger partial charge in [0.15, 0.2) is 5.13 Å². The van der Waals surface area contributed by atoms with Crippen LogP contribution in [0.3, 0.4) is 0 Å². The summed E-state index contributed by atoms with van der Waals surface area (Å²) in [5.74, 6) is 0.575. The molecule has 0 saturated heterocycles. The molecule has 1 heterocycles. The van der Waals surface area contributed by atoms with Crippen LogP contribution in [0.2, 0.25) is 0 Å².